The van der Waals surface area contributed by atoms with Crippen molar-refractivity contribution in [3.05, 3.63) is 27.3 Å². The van der Waals surface area contributed by atoms with Gasteiger partial charge in [-0.1, -0.05) is 6.07 Å². The van der Waals surface area contributed by atoms with Crippen molar-refractivity contribution in [2.45, 2.75) is 0 Å². The summed E-state index contributed by atoms with van der Waals surface area (Å²) < 4.78 is 0. The predicted octanol–water partition coefficient (Wildman–Crippen LogP) is 0.549. The van der Waals surface area contributed by atoms with Crippen molar-refractivity contribution in [3.8, 4) is 0 Å². The molecule has 1 aromatic rings. The molecule has 0 aromatic carbocycles. The summed E-state index contributed by atoms with van der Waals surface area (Å²) in [5.74, 6) is -0.0975. The molecule has 1 saturated heterocycles. The van der Waals surface area contributed by atoms with Gasteiger partial charge >= 0.3 is 0 Å². The van der Waals surface area contributed by atoms with E-state index in [1.807, 2.05) is 23.6 Å². The molecule has 0 aliphatic carbocycles. The second-order valence-electron chi connectivity index (χ2n) is 4.77. The van der Waals surface area contributed by atoms with Gasteiger partial charge < -0.3 is 9.80 Å². The third-order valence-electron chi connectivity index (χ3n) is 3.31. The van der Waals surface area contributed by atoms with Crippen molar-refractivity contribution in [2.75, 3.05) is 33.2 Å². The van der Waals surface area contributed by atoms with Crippen LogP contribution in [0.25, 0.3) is 6.08 Å². The van der Waals surface area contributed by atoms with Crippen LogP contribution in [0.5, 0.6) is 0 Å². The van der Waals surface area contributed by atoms with Gasteiger partial charge in [0.15, 0.2) is 5.17 Å². The molecule has 0 atom stereocenters. The Kier molecular flexibility index (Phi) is 3.72. The first kappa shape index (κ1) is 12.9. The van der Waals surface area contributed by atoms with E-state index < -0.39 is 0 Å². The summed E-state index contributed by atoms with van der Waals surface area (Å²) in [5, 5.41) is 2.89. The number of carbonyl (C=O) groups excluding carboxylic acids is 1. The maximum absolute atomic E-state index is 11.9. The molecule has 0 saturated carbocycles. The van der Waals surface area contributed by atoms with Crippen LogP contribution in [0.2, 0.25) is 0 Å². The van der Waals surface area contributed by atoms with Gasteiger partial charge in [-0.05, 0) is 29.3 Å². The van der Waals surface area contributed by atoms with Gasteiger partial charge in [0.1, 0.15) is 0 Å². The molecule has 1 aromatic heterocycles. The Labute approximate surface area is 120 Å². The first-order valence-electron chi connectivity index (χ1n) is 6.35. The quantitative estimate of drug-likeness (QED) is 0.769. The van der Waals surface area contributed by atoms with Gasteiger partial charge in [-0.2, -0.15) is 4.99 Å². The summed E-state index contributed by atoms with van der Waals surface area (Å²) in [5.41, 5.74) is 0. The Morgan fingerprint density at radius 3 is 2.89 bits per heavy atom. The van der Waals surface area contributed by atoms with Crippen molar-refractivity contribution in [2.24, 2.45) is 4.99 Å². The zero-order chi connectivity index (χ0) is 13.2. The highest BCUT2D eigenvalue weighted by Crippen LogP contribution is 2.30. The Morgan fingerprint density at radius 2 is 2.21 bits per heavy atom. The second kappa shape index (κ2) is 5.48. The lowest BCUT2D eigenvalue weighted by Gasteiger charge is -2.30. The van der Waals surface area contributed by atoms with E-state index in [4.69, 9.17) is 0 Å². The average molecular weight is 294 g/mol. The van der Waals surface area contributed by atoms with Crippen LogP contribution >= 0.6 is 23.1 Å². The van der Waals surface area contributed by atoms with Crippen LogP contribution in [-0.2, 0) is 4.79 Å². The van der Waals surface area contributed by atoms with Crippen LogP contribution in [-0.4, -0.2) is 49.2 Å². The first-order valence-corrected chi connectivity index (χ1v) is 8.04. The average Bonchev–Trinajstić information content (AvgIpc) is 3.02. The number of amides is 1. The zero-order valence-electron chi connectivity index (χ0n) is 10.8. The first-order chi connectivity index (χ1) is 9.22. The normalized spacial score (nSPS) is 23.2. The van der Waals surface area contributed by atoms with Crippen molar-refractivity contribution in [1.82, 2.24) is 4.90 Å². The fourth-order valence-electron chi connectivity index (χ4n) is 2.12. The van der Waals surface area contributed by atoms with Gasteiger partial charge in [-0.3, -0.25) is 4.79 Å². The summed E-state index contributed by atoms with van der Waals surface area (Å²) in [6.07, 6.45) is 1.94. The van der Waals surface area contributed by atoms with Gasteiger partial charge in [-0.15, -0.1) is 11.3 Å². The van der Waals surface area contributed by atoms with Gasteiger partial charge in [0, 0.05) is 4.88 Å². The number of hydrogen-bond acceptors (Lipinski definition) is 4. The minimum Gasteiger partial charge on any atom is -0.339 e. The number of likely N-dealkylation sites (N-methyl/N-ethyl adjacent to an activating group) is 1. The predicted molar refractivity (Wildman–Crippen MR) is 80.5 cm³/mol. The zero-order valence-corrected chi connectivity index (χ0v) is 12.4. The van der Waals surface area contributed by atoms with Gasteiger partial charge in [0.25, 0.3) is 5.91 Å². The lowest BCUT2D eigenvalue weighted by molar-refractivity contribution is -0.883. The molecule has 2 aliphatic rings. The van der Waals surface area contributed by atoms with Crippen LogP contribution in [0.15, 0.2) is 27.4 Å². The molecule has 19 heavy (non-hydrogen) atoms. The van der Waals surface area contributed by atoms with Crippen LogP contribution in [0.3, 0.4) is 0 Å². The molecule has 1 amide bonds. The molecule has 0 spiro atoms. The van der Waals surface area contributed by atoms with E-state index in [-0.39, 0.29) is 5.91 Å². The van der Waals surface area contributed by atoms with Crippen molar-refractivity contribution in [1.29, 1.82) is 0 Å². The molecule has 3 rings (SSSR count). The molecule has 6 heteroatoms. The molecular weight excluding hydrogens is 278 g/mol. The Hall–Kier alpha value is -1.11. The molecule has 0 radical (unpaired) electrons. The summed E-state index contributed by atoms with van der Waals surface area (Å²) in [6.45, 7) is 4.18. The molecule has 0 unspecified atom stereocenters. The summed E-state index contributed by atoms with van der Waals surface area (Å²) in [4.78, 5) is 21.7. The fourth-order valence-corrected chi connectivity index (χ4v) is 3.80. The highest BCUT2D eigenvalue weighted by Gasteiger charge is 2.28. The molecule has 1 N–H and O–H groups in total. The summed E-state index contributed by atoms with van der Waals surface area (Å²) in [6, 6.07) is 4.01. The van der Waals surface area contributed by atoms with E-state index in [0.717, 1.165) is 41.1 Å². The number of thioether (sulfide) groups is 1. The number of piperazine rings is 1. The minimum atomic E-state index is -0.0975. The molecule has 4 nitrogen and oxygen atoms in total. The maximum atomic E-state index is 11.9. The SMILES string of the molecule is C[NH+]1CCN(C2=NC(=O)/C(=C/c3cccs3)S2)CC1. The molecule has 2 aliphatic heterocycles. The van der Waals surface area contributed by atoms with Gasteiger partial charge in [0.05, 0.1) is 38.1 Å². The Bertz CT molecular complexity index is 528. The van der Waals surface area contributed by atoms with Crippen LogP contribution in [0, 0.1) is 0 Å². The second-order valence-corrected chi connectivity index (χ2v) is 6.76. The Morgan fingerprint density at radius 1 is 1.42 bits per heavy atom. The van der Waals surface area contributed by atoms with Gasteiger partial charge in [-0.25, -0.2) is 0 Å². The summed E-state index contributed by atoms with van der Waals surface area (Å²) in [7, 11) is 2.20. The topological polar surface area (TPSA) is 37.1 Å². The lowest BCUT2D eigenvalue weighted by Crippen LogP contribution is -3.12. The monoisotopic (exact) mass is 294 g/mol. The lowest BCUT2D eigenvalue weighted by atomic mass is 10.3. The maximum Gasteiger partial charge on any atom is 0.286 e. The van der Waals surface area contributed by atoms with Crippen LogP contribution < -0.4 is 4.90 Å². The number of quaternary nitrogens is 1. The Balaban J connectivity index is 1.70. The van der Waals surface area contributed by atoms with Crippen molar-refractivity contribution in [3.63, 3.8) is 0 Å². The van der Waals surface area contributed by atoms with E-state index in [2.05, 4.69) is 16.9 Å². The number of amidine groups is 1. The number of rotatable bonds is 1. The largest absolute Gasteiger partial charge is 0.339 e. The van der Waals surface area contributed by atoms with E-state index in [1.165, 1.54) is 11.8 Å². The molecule has 0 bridgehead atoms. The van der Waals surface area contributed by atoms with Crippen molar-refractivity contribution >= 4 is 40.2 Å². The number of carbonyl (C=O) groups is 1. The smallest absolute Gasteiger partial charge is 0.286 e. The van der Waals surface area contributed by atoms with E-state index in [0.29, 0.717) is 0 Å². The number of hydrogen-bond donors (Lipinski definition) is 1. The minimum absolute atomic E-state index is 0.0975. The number of nitrogens with zero attached hydrogens (tertiary/aromatic N) is 2. The van der Waals surface area contributed by atoms with E-state index >= 15 is 0 Å². The fraction of sp³-hybridized carbons (Fsp3) is 0.385. The van der Waals surface area contributed by atoms with Crippen LogP contribution in [0.1, 0.15) is 4.88 Å². The molecule has 1 fully saturated rings. The van der Waals surface area contributed by atoms with Crippen molar-refractivity contribution < 1.29 is 9.69 Å². The van der Waals surface area contributed by atoms with E-state index in [1.54, 1.807) is 16.2 Å². The van der Waals surface area contributed by atoms with E-state index in [9.17, 15) is 4.79 Å². The standard InChI is InChI=1S/C13H15N3OS2/c1-15-4-6-16(7-5-15)13-14-12(17)11(19-13)9-10-3-2-8-18-10/h2-3,8-9H,4-7H2,1H3/p+1/b11-9-. The number of thiophene rings is 1. The summed E-state index contributed by atoms with van der Waals surface area (Å²) >= 11 is 3.15. The molecule has 100 valence electrons. The third-order valence-corrected chi connectivity index (χ3v) is 5.18. The third kappa shape index (κ3) is 2.91. The highest BCUT2D eigenvalue weighted by molar-refractivity contribution is 8.18. The van der Waals surface area contributed by atoms with Gasteiger partial charge in [0.2, 0.25) is 0 Å². The van der Waals surface area contributed by atoms with Crippen LogP contribution in [0.4, 0.5) is 0 Å². The molecular formula is C13H16N3OS2+. The highest BCUT2D eigenvalue weighted by atomic mass is 32.2. The number of aliphatic imine (C=N–C) groups is 1. The number of nitrogens with one attached hydrogen (secondary N) is 1. The molecule has 3 heterocycles.